The van der Waals surface area contributed by atoms with Crippen LogP contribution in [0.5, 0.6) is 0 Å². The average molecular weight is 313 g/mol. The van der Waals surface area contributed by atoms with E-state index in [0.29, 0.717) is 0 Å². The van der Waals surface area contributed by atoms with E-state index in [4.69, 9.17) is 5.11 Å². The monoisotopic (exact) mass is 313 g/mol. The fraction of sp³-hybridized carbons (Fsp3) is 0.533. The van der Waals surface area contributed by atoms with Gasteiger partial charge in [-0.25, -0.2) is 13.1 Å². The summed E-state index contributed by atoms with van der Waals surface area (Å²) in [4.78, 5) is 10.6. The largest absolute Gasteiger partial charge is 0.481 e. The first-order chi connectivity index (χ1) is 9.89. The fourth-order valence-electron chi connectivity index (χ4n) is 2.33. The molecule has 0 radical (unpaired) electrons. The maximum absolute atomic E-state index is 12.1. The van der Waals surface area contributed by atoms with Crippen molar-refractivity contribution in [1.29, 1.82) is 0 Å². The Hall–Kier alpha value is -1.40. The molecule has 1 rings (SSSR count). The van der Waals surface area contributed by atoms with Crippen LogP contribution in [0.15, 0.2) is 30.3 Å². The third-order valence-corrected chi connectivity index (χ3v) is 4.92. The van der Waals surface area contributed by atoms with Crippen LogP contribution in [-0.4, -0.2) is 25.2 Å². The molecule has 0 heterocycles. The Balaban J connectivity index is 2.95. The third kappa shape index (κ3) is 5.85. The summed E-state index contributed by atoms with van der Waals surface area (Å²) in [5, 5.41) is 8.64. The third-order valence-electron chi connectivity index (χ3n) is 3.57. The smallest absolute Gasteiger partial charge is 0.304 e. The zero-order valence-electron chi connectivity index (χ0n) is 12.5. The Bertz CT molecular complexity index is 538. The van der Waals surface area contributed by atoms with Gasteiger partial charge in [0.05, 0.1) is 12.2 Å². The molecule has 118 valence electrons. The van der Waals surface area contributed by atoms with Crippen molar-refractivity contribution in [3.8, 4) is 0 Å². The molecule has 0 bridgehead atoms. The number of sulfonamides is 1. The lowest BCUT2D eigenvalue weighted by Gasteiger charge is -2.26. The summed E-state index contributed by atoms with van der Waals surface area (Å²) in [6.07, 6.45) is 1.30. The molecule has 0 spiro atoms. The highest BCUT2D eigenvalue weighted by molar-refractivity contribution is 7.89. The number of hydrogen-bond acceptors (Lipinski definition) is 3. The van der Waals surface area contributed by atoms with Crippen molar-refractivity contribution in [1.82, 2.24) is 4.72 Å². The van der Waals surface area contributed by atoms with Crippen LogP contribution in [0.4, 0.5) is 0 Å². The lowest BCUT2D eigenvalue weighted by atomic mass is 9.90. The van der Waals surface area contributed by atoms with Crippen molar-refractivity contribution in [3.63, 3.8) is 0 Å². The Morgan fingerprint density at radius 2 is 1.76 bits per heavy atom. The second kappa shape index (κ2) is 8.14. The average Bonchev–Trinajstić information content (AvgIpc) is 2.46. The van der Waals surface area contributed by atoms with Crippen molar-refractivity contribution < 1.29 is 18.3 Å². The molecule has 6 heteroatoms. The van der Waals surface area contributed by atoms with Gasteiger partial charge < -0.3 is 5.11 Å². The van der Waals surface area contributed by atoms with E-state index in [0.717, 1.165) is 18.4 Å². The molecule has 2 N–H and O–H groups in total. The van der Waals surface area contributed by atoms with E-state index in [2.05, 4.69) is 4.72 Å². The summed E-state index contributed by atoms with van der Waals surface area (Å²) in [7, 11) is -3.62. The minimum absolute atomic E-state index is 0.173. The van der Waals surface area contributed by atoms with Crippen molar-refractivity contribution in [3.05, 3.63) is 35.9 Å². The molecule has 0 aliphatic carbocycles. The van der Waals surface area contributed by atoms with Crippen LogP contribution in [0.25, 0.3) is 0 Å². The molecule has 1 unspecified atom stereocenters. The molecular formula is C15H23NO4S. The fourth-order valence-corrected chi connectivity index (χ4v) is 3.61. The molecule has 0 aliphatic rings. The van der Waals surface area contributed by atoms with E-state index < -0.39 is 21.7 Å². The van der Waals surface area contributed by atoms with Gasteiger partial charge in [-0.1, -0.05) is 57.0 Å². The molecule has 1 aromatic carbocycles. The van der Waals surface area contributed by atoms with Crippen LogP contribution in [0.1, 0.15) is 44.7 Å². The van der Waals surface area contributed by atoms with E-state index in [-0.39, 0.29) is 18.4 Å². The maximum atomic E-state index is 12.1. The topological polar surface area (TPSA) is 83.5 Å². The summed E-state index contributed by atoms with van der Waals surface area (Å²) in [5.41, 5.74) is 0.908. The van der Waals surface area contributed by atoms with E-state index in [9.17, 15) is 13.2 Å². The van der Waals surface area contributed by atoms with Crippen LogP contribution in [0.2, 0.25) is 0 Å². The summed E-state index contributed by atoms with van der Waals surface area (Å²) < 4.78 is 26.8. The van der Waals surface area contributed by atoms with Crippen LogP contribution in [-0.2, 0) is 14.8 Å². The van der Waals surface area contributed by atoms with E-state index >= 15 is 0 Å². The maximum Gasteiger partial charge on any atom is 0.304 e. The zero-order chi connectivity index (χ0) is 15.9. The second-order valence-electron chi connectivity index (χ2n) is 5.05. The predicted molar refractivity (Wildman–Crippen MR) is 82.4 cm³/mol. The van der Waals surface area contributed by atoms with Crippen LogP contribution >= 0.6 is 0 Å². The van der Waals surface area contributed by atoms with Gasteiger partial charge in [0.2, 0.25) is 10.0 Å². The Morgan fingerprint density at radius 1 is 1.19 bits per heavy atom. The van der Waals surface area contributed by atoms with Crippen molar-refractivity contribution in [2.45, 2.75) is 39.2 Å². The van der Waals surface area contributed by atoms with Crippen LogP contribution < -0.4 is 4.72 Å². The van der Waals surface area contributed by atoms with Crippen LogP contribution in [0, 0.1) is 5.92 Å². The van der Waals surface area contributed by atoms with Gasteiger partial charge >= 0.3 is 5.97 Å². The number of carboxylic acid groups (broad SMARTS) is 1. The molecule has 0 aliphatic heterocycles. The van der Waals surface area contributed by atoms with Gasteiger partial charge in [-0.05, 0) is 11.5 Å². The minimum atomic E-state index is -3.62. The lowest BCUT2D eigenvalue weighted by Crippen LogP contribution is -2.35. The molecular weight excluding hydrogens is 290 g/mol. The van der Waals surface area contributed by atoms with Gasteiger partial charge in [-0.15, -0.1) is 0 Å². The first-order valence-corrected chi connectivity index (χ1v) is 8.81. The zero-order valence-corrected chi connectivity index (χ0v) is 13.3. The molecule has 5 nitrogen and oxygen atoms in total. The Morgan fingerprint density at radius 3 is 2.24 bits per heavy atom. The summed E-state index contributed by atoms with van der Waals surface area (Å²) in [5.74, 6) is -1.34. The number of hydrogen-bond donors (Lipinski definition) is 2. The van der Waals surface area contributed by atoms with E-state index in [1.807, 2.05) is 44.2 Å². The molecule has 0 amide bonds. The second-order valence-corrected chi connectivity index (χ2v) is 6.92. The molecule has 21 heavy (non-hydrogen) atoms. The van der Waals surface area contributed by atoms with Crippen molar-refractivity contribution in [2.75, 3.05) is 5.75 Å². The number of carboxylic acids is 1. The number of benzene rings is 1. The summed E-state index contributed by atoms with van der Waals surface area (Å²) in [6, 6.07) is 9.09. The summed E-state index contributed by atoms with van der Waals surface area (Å²) in [6.45, 7) is 4.05. The number of rotatable bonds is 9. The quantitative estimate of drug-likeness (QED) is 0.734. The van der Waals surface area contributed by atoms with Crippen molar-refractivity contribution in [2.24, 2.45) is 5.92 Å². The number of nitrogens with one attached hydrogen (secondary N) is 1. The van der Waals surface area contributed by atoms with Crippen LogP contribution in [0.3, 0.4) is 0 Å². The highest BCUT2D eigenvalue weighted by atomic mass is 32.2. The first-order valence-electron chi connectivity index (χ1n) is 7.16. The molecule has 1 atom stereocenters. The van der Waals surface area contributed by atoms with Crippen molar-refractivity contribution >= 4 is 16.0 Å². The molecule has 0 fully saturated rings. The minimum Gasteiger partial charge on any atom is -0.481 e. The predicted octanol–water partition coefficient (Wildman–Crippen LogP) is 2.56. The van der Waals surface area contributed by atoms with Gasteiger partial charge in [0.15, 0.2) is 0 Å². The Labute approximate surface area is 126 Å². The van der Waals surface area contributed by atoms with Gasteiger partial charge in [0.1, 0.15) is 0 Å². The number of carbonyl (C=O) groups is 1. The number of aliphatic carboxylic acids is 1. The molecule has 0 saturated carbocycles. The summed E-state index contributed by atoms with van der Waals surface area (Å²) >= 11 is 0. The molecule has 0 saturated heterocycles. The van der Waals surface area contributed by atoms with Gasteiger partial charge in [0, 0.05) is 6.04 Å². The van der Waals surface area contributed by atoms with E-state index in [1.54, 1.807) is 0 Å². The highest BCUT2D eigenvalue weighted by Crippen LogP contribution is 2.28. The standard InChI is InChI=1S/C15H23NO4S/c1-3-12(4-2)15(13-8-6-5-7-9-13)16-21(19,20)11-10-14(17)18/h5-9,12,15-16H,3-4,10-11H2,1-2H3,(H,17,18). The lowest BCUT2D eigenvalue weighted by molar-refractivity contribution is -0.136. The first kappa shape index (κ1) is 17.7. The normalized spacial score (nSPS) is 13.3. The SMILES string of the molecule is CCC(CC)C(NS(=O)(=O)CCC(=O)O)c1ccccc1. The highest BCUT2D eigenvalue weighted by Gasteiger charge is 2.25. The molecule has 0 aromatic heterocycles. The van der Waals surface area contributed by atoms with Gasteiger partial charge in [-0.3, -0.25) is 4.79 Å². The Kier molecular flexibility index (Phi) is 6.84. The van der Waals surface area contributed by atoms with Gasteiger partial charge in [-0.2, -0.15) is 0 Å². The van der Waals surface area contributed by atoms with E-state index in [1.165, 1.54) is 0 Å². The van der Waals surface area contributed by atoms with Gasteiger partial charge in [0.25, 0.3) is 0 Å². The molecule has 1 aromatic rings.